The van der Waals surface area contributed by atoms with E-state index in [1.54, 1.807) is 42.5 Å². The molecule has 2 aromatic rings. The Morgan fingerprint density at radius 1 is 1.00 bits per heavy atom. The first-order valence-electron chi connectivity index (χ1n) is 7.37. The molecular formula is C17H17NO4S2. The lowest BCUT2D eigenvalue weighted by Crippen LogP contribution is -2.41. The van der Waals surface area contributed by atoms with Crippen molar-refractivity contribution in [3.8, 4) is 0 Å². The molecule has 0 aliphatic carbocycles. The van der Waals surface area contributed by atoms with Crippen molar-refractivity contribution in [1.29, 1.82) is 0 Å². The third-order valence-electron chi connectivity index (χ3n) is 3.80. The van der Waals surface area contributed by atoms with Gasteiger partial charge in [-0.3, -0.25) is 4.31 Å². The Balaban J connectivity index is 2.12. The highest BCUT2D eigenvalue weighted by molar-refractivity contribution is 7.95. The minimum Gasteiger partial charge on any atom is -0.258 e. The third-order valence-corrected chi connectivity index (χ3v) is 7.05. The summed E-state index contributed by atoms with van der Waals surface area (Å²) in [4.78, 5) is 0.128. The Labute approximate surface area is 142 Å². The van der Waals surface area contributed by atoms with Crippen LogP contribution in [-0.4, -0.2) is 28.6 Å². The second kappa shape index (κ2) is 6.07. The maximum atomic E-state index is 13.1. The van der Waals surface area contributed by atoms with Crippen LogP contribution in [0, 0.1) is 6.92 Å². The average molecular weight is 363 g/mol. The summed E-state index contributed by atoms with van der Waals surface area (Å²) < 4.78 is 51.0. The van der Waals surface area contributed by atoms with Gasteiger partial charge in [0.15, 0.2) is 9.84 Å². The molecule has 1 atom stereocenters. The van der Waals surface area contributed by atoms with Crippen molar-refractivity contribution in [2.75, 3.05) is 10.1 Å². The topological polar surface area (TPSA) is 71.5 Å². The zero-order chi connectivity index (χ0) is 17.4. The molecule has 3 rings (SSSR count). The van der Waals surface area contributed by atoms with Crippen LogP contribution in [0.1, 0.15) is 5.56 Å². The number of anilines is 1. The van der Waals surface area contributed by atoms with Crippen LogP contribution in [0.3, 0.4) is 0 Å². The molecular weight excluding hydrogens is 346 g/mol. The van der Waals surface area contributed by atoms with E-state index in [9.17, 15) is 16.8 Å². The molecule has 0 radical (unpaired) electrons. The van der Waals surface area contributed by atoms with Gasteiger partial charge < -0.3 is 0 Å². The quantitative estimate of drug-likeness (QED) is 0.837. The molecule has 2 aromatic carbocycles. The Kier molecular flexibility index (Phi) is 4.23. The highest BCUT2D eigenvalue weighted by Gasteiger charge is 2.35. The molecule has 7 heteroatoms. The number of aryl methyl sites for hydroxylation is 1. The predicted octanol–water partition coefficient (Wildman–Crippen LogP) is 2.50. The minimum atomic E-state index is -3.88. The summed E-state index contributed by atoms with van der Waals surface area (Å²) in [5.41, 5.74) is 1.43. The lowest BCUT2D eigenvalue weighted by molar-refractivity contribution is 0.586. The number of nitrogens with zero attached hydrogens (tertiary/aromatic N) is 1. The van der Waals surface area contributed by atoms with Crippen LogP contribution < -0.4 is 4.31 Å². The molecule has 24 heavy (non-hydrogen) atoms. The van der Waals surface area contributed by atoms with E-state index in [1.165, 1.54) is 22.5 Å². The first-order chi connectivity index (χ1) is 11.3. The third kappa shape index (κ3) is 3.22. The number of rotatable bonds is 4. The summed E-state index contributed by atoms with van der Waals surface area (Å²) in [5.74, 6) is -0.257. The molecule has 0 aromatic heterocycles. The van der Waals surface area contributed by atoms with Gasteiger partial charge in [0.05, 0.1) is 22.4 Å². The van der Waals surface area contributed by atoms with E-state index in [0.717, 1.165) is 11.0 Å². The van der Waals surface area contributed by atoms with Gasteiger partial charge in [0.25, 0.3) is 10.0 Å². The maximum Gasteiger partial charge on any atom is 0.264 e. The highest BCUT2D eigenvalue weighted by atomic mass is 32.2. The van der Waals surface area contributed by atoms with Gasteiger partial charge in [0, 0.05) is 5.41 Å². The van der Waals surface area contributed by atoms with Crippen molar-refractivity contribution in [3.05, 3.63) is 71.6 Å². The SMILES string of the molecule is Cc1ccc(N([C@@H]2C=CS(=O)(=O)C2)S(=O)(=O)c2ccccc2)cc1. The van der Waals surface area contributed by atoms with E-state index in [0.29, 0.717) is 5.69 Å². The lowest BCUT2D eigenvalue weighted by atomic mass is 10.2. The van der Waals surface area contributed by atoms with Crippen LogP contribution in [0.5, 0.6) is 0 Å². The molecule has 0 saturated heterocycles. The van der Waals surface area contributed by atoms with Crippen LogP contribution in [0.15, 0.2) is 71.0 Å². The van der Waals surface area contributed by atoms with Gasteiger partial charge in [-0.2, -0.15) is 0 Å². The van der Waals surface area contributed by atoms with E-state index in [-0.39, 0.29) is 10.6 Å². The molecule has 1 aliphatic rings. The predicted molar refractivity (Wildman–Crippen MR) is 94.0 cm³/mol. The van der Waals surface area contributed by atoms with Crippen LogP contribution in [0.25, 0.3) is 0 Å². The second-order valence-corrected chi connectivity index (χ2v) is 9.42. The zero-order valence-corrected chi connectivity index (χ0v) is 14.7. The normalized spacial score (nSPS) is 19.3. The Morgan fingerprint density at radius 3 is 2.17 bits per heavy atom. The fourth-order valence-corrected chi connectivity index (χ4v) is 5.60. The number of hydrogen-bond acceptors (Lipinski definition) is 4. The van der Waals surface area contributed by atoms with Crippen molar-refractivity contribution >= 4 is 25.5 Å². The monoisotopic (exact) mass is 363 g/mol. The lowest BCUT2D eigenvalue weighted by Gasteiger charge is -2.29. The minimum absolute atomic E-state index is 0.128. The molecule has 0 saturated carbocycles. The molecule has 0 N–H and O–H groups in total. The summed E-state index contributed by atoms with van der Waals surface area (Å²) in [6, 6.07) is 14.2. The maximum absolute atomic E-state index is 13.1. The summed E-state index contributed by atoms with van der Waals surface area (Å²) in [6.45, 7) is 1.90. The van der Waals surface area contributed by atoms with Gasteiger partial charge in [0.2, 0.25) is 0 Å². The van der Waals surface area contributed by atoms with Gasteiger partial charge in [0.1, 0.15) is 0 Å². The van der Waals surface area contributed by atoms with Gasteiger partial charge >= 0.3 is 0 Å². The molecule has 0 spiro atoms. The van der Waals surface area contributed by atoms with E-state index in [1.807, 2.05) is 6.92 Å². The van der Waals surface area contributed by atoms with Crippen LogP contribution >= 0.6 is 0 Å². The molecule has 0 amide bonds. The number of sulfone groups is 1. The molecule has 1 aliphatic heterocycles. The Hall–Kier alpha value is -2.12. The number of benzene rings is 2. The number of hydrogen-bond donors (Lipinski definition) is 0. The van der Waals surface area contributed by atoms with Crippen molar-refractivity contribution in [2.45, 2.75) is 17.9 Å². The van der Waals surface area contributed by atoms with Crippen molar-refractivity contribution in [2.24, 2.45) is 0 Å². The zero-order valence-electron chi connectivity index (χ0n) is 13.0. The van der Waals surface area contributed by atoms with Gasteiger partial charge in [-0.25, -0.2) is 16.8 Å². The van der Waals surface area contributed by atoms with E-state index < -0.39 is 25.9 Å². The Bertz CT molecular complexity index is 963. The molecule has 1 heterocycles. The van der Waals surface area contributed by atoms with E-state index >= 15 is 0 Å². The summed E-state index contributed by atoms with van der Waals surface area (Å²) in [5, 5.41) is 1.08. The fourth-order valence-electron chi connectivity index (χ4n) is 2.61. The highest BCUT2D eigenvalue weighted by Crippen LogP contribution is 2.29. The average Bonchev–Trinajstić information content (AvgIpc) is 2.90. The molecule has 0 unspecified atom stereocenters. The molecule has 5 nitrogen and oxygen atoms in total. The van der Waals surface area contributed by atoms with Crippen molar-refractivity contribution in [3.63, 3.8) is 0 Å². The fraction of sp³-hybridized carbons (Fsp3) is 0.176. The molecule has 0 fully saturated rings. The van der Waals surface area contributed by atoms with Gasteiger partial charge in [-0.1, -0.05) is 35.9 Å². The van der Waals surface area contributed by atoms with Crippen LogP contribution in [0.4, 0.5) is 5.69 Å². The molecule has 126 valence electrons. The number of sulfonamides is 1. The second-order valence-electron chi connectivity index (χ2n) is 5.67. The standard InChI is InChI=1S/C17H17NO4S2/c1-14-7-9-15(10-8-14)18(16-11-12-23(19,20)13-16)24(21,22)17-5-3-2-4-6-17/h2-12,16H,13H2,1H3/t16-/m1/s1. The first kappa shape index (κ1) is 16.7. The van der Waals surface area contributed by atoms with E-state index in [2.05, 4.69) is 0 Å². The van der Waals surface area contributed by atoms with Crippen LogP contribution in [0.2, 0.25) is 0 Å². The molecule has 0 bridgehead atoms. The van der Waals surface area contributed by atoms with Crippen molar-refractivity contribution in [1.82, 2.24) is 0 Å². The summed E-state index contributed by atoms with van der Waals surface area (Å²) in [6.07, 6.45) is 1.43. The largest absolute Gasteiger partial charge is 0.264 e. The van der Waals surface area contributed by atoms with Gasteiger partial charge in [-0.15, -0.1) is 0 Å². The summed E-state index contributed by atoms with van der Waals surface area (Å²) in [7, 11) is -7.27. The van der Waals surface area contributed by atoms with Crippen molar-refractivity contribution < 1.29 is 16.8 Å². The smallest absolute Gasteiger partial charge is 0.258 e. The van der Waals surface area contributed by atoms with Crippen LogP contribution in [-0.2, 0) is 19.9 Å². The van der Waals surface area contributed by atoms with Gasteiger partial charge in [-0.05, 0) is 37.3 Å². The summed E-state index contributed by atoms with van der Waals surface area (Å²) >= 11 is 0. The Morgan fingerprint density at radius 2 is 1.62 bits per heavy atom. The van der Waals surface area contributed by atoms with E-state index in [4.69, 9.17) is 0 Å². The first-order valence-corrected chi connectivity index (χ1v) is 10.5.